The van der Waals surface area contributed by atoms with Crippen LogP contribution in [0.4, 0.5) is 0 Å². The van der Waals surface area contributed by atoms with Gasteiger partial charge in [-0.25, -0.2) is 4.57 Å². The van der Waals surface area contributed by atoms with Gasteiger partial charge in [-0.15, -0.1) is 0 Å². The molecule has 0 aromatic carbocycles. The molecule has 0 saturated heterocycles. The van der Waals surface area contributed by atoms with Gasteiger partial charge in [0.2, 0.25) is 0 Å². The van der Waals surface area contributed by atoms with Crippen LogP contribution in [0.1, 0.15) is 20.3 Å². The molecule has 0 saturated carbocycles. The second kappa shape index (κ2) is 6.58. The molecule has 0 aliphatic rings. The van der Waals surface area contributed by atoms with E-state index in [9.17, 15) is 4.57 Å². The Labute approximate surface area is 89.9 Å². The van der Waals surface area contributed by atoms with Crippen molar-refractivity contribution in [2.45, 2.75) is 20.3 Å². The van der Waals surface area contributed by atoms with E-state index in [0.717, 1.165) is 0 Å². The molecule has 0 unspecified atom stereocenters. The Morgan fingerprint density at radius 3 is 2.47 bits per heavy atom. The number of hydrogen-bond acceptors (Lipinski definition) is 4. The summed E-state index contributed by atoms with van der Waals surface area (Å²) in [5, 5.41) is 11.6. The molecule has 0 aromatic heterocycles. The molecule has 0 aliphatic heterocycles. The summed E-state index contributed by atoms with van der Waals surface area (Å²) in [5.41, 5.74) is -0.351. The molecule has 0 radical (unpaired) electrons. The van der Waals surface area contributed by atoms with E-state index in [1.807, 2.05) is 13.8 Å². The Morgan fingerprint density at radius 1 is 1.40 bits per heavy atom. The van der Waals surface area contributed by atoms with Crippen LogP contribution >= 0.6 is 7.82 Å². The van der Waals surface area contributed by atoms with Crippen molar-refractivity contribution in [2.24, 2.45) is 5.41 Å². The summed E-state index contributed by atoms with van der Waals surface area (Å²) in [6, 6.07) is 0. The third-order valence-electron chi connectivity index (χ3n) is 1.74. The largest absolute Gasteiger partial charge is 0.469 e. The molecule has 6 nitrogen and oxygen atoms in total. The predicted octanol–water partition coefficient (Wildman–Crippen LogP) is 0.0939. The standard InChI is InChI=1S/C8H20NO5P/c1-8(2,6-9-4-3-5-10)7-14-15(11,12)13/h9-10H,3-7H2,1-2H3,(H2,11,12,13). The van der Waals surface area contributed by atoms with Gasteiger partial charge in [-0.05, 0) is 13.0 Å². The van der Waals surface area contributed by atoms with E-state index in [1.165, 1.54) is 0 Å². The molecule has 0 spiro atoms. The summed E-state index contributed by atoms with van der Waals surface area (Å²) in [4.78, 5) is 17.1. The first-order valence-electron chi connectivity index (χ1n) is 4.78. The molecule has 4 N–H and O–H groups in total. The van der Waals surface area contributed by atoms with Crippen molar-refractivity contribution in [1.29, 1.82) is 0 Å². The minimum Gasteiger partial charge on any atom is -0.396 e. The highest BCUT2D eigenvalue weighted by Crippen LogP contribution is 2.37. The molecule has 0 fully saturated rings. The van der Waals surface area contributed by atoms with E-state index in [-0.39, 0.29) is 18.6 Å². The zero-order valence-electron chi connectivity index (χ0n) is 9.14. The van der Waals surface area contributed by atoms with Gasteiger partial charge in [-0.1, -0.05) is 13.8 Å². The molecule has 0 aliphatic carbocycles. The molecule has 0 heterocycles. The molecule has 0 bridgehead atoms. The highest BCUT2D eigenvalue weighted by molar-refractivity contribution is 7.46. The normalized spacial score (nSPS) is 13.1. The van der Waals surface area contributed by atoms with Crippen LogP contribution in [0.3, 0.4) is 0 Å². The SMILES string of the molecule is CC(C)(CNCCCO)COP(=O)(O)O. The van der Waals surface area contributed by atoms with Crippen molar-refractivity contribution in [1.82, 2.24) is 5.32 Å². The van der Waals surface area contributed by atoms with Gasteiger partial charge in [-0.2, -0.15) is 0 Å². The van der Waals surface area contributed by atoms with Gasteiger partial charge in [0.25, 0.3) is 0 Å². The van der Waals surface area contributed by atoms with Crippen LogP contribution in [-0.2, 0) is 9.09 Å². The van der Waals surface area contributed by atoms with E-state index >= 15 is 0 Å². The first-order chi connectivity index (χ1) is 6.77. The van der Waals surface area contributed by atoms with E-state index in [1.54, 1.807) is 0 Å². The first kappa shape index (κ1) is 15.0. The van der Waals surface area contributed by atoms with Crippen molar-refractivity contribution in [3.05, 3.63) is 0 Å². The molecule has 0 rings (SSSR count). The van der Waals surface area contributed by atoms with Gasteiger partial charge in [0.15, 0.2) is 0 Å². The number of phosphoric acid groups is 1. The monoisotopic (exact) mass is 241 g/mol. The third kappa shape index (κ3) is 10.3. The first-order valence-corrected chi connectivity index (χ1v) is 6.31. The number of phosphoric ester groups is 1. The van der Waals surface area contributed by atoms with Crippen molar-refractivity contribution in [3.63, 3.8) is 0 Å². The van der Waals surface area contributed by atoms with Crippen molar-refractivity contribution < 1.29 is 24.0 Å². The molecule has 0 atom stereocenters. The van der Waals surface area contributed by atoms with Gasteiger partial charge in [0, 0.05) is 18.6 Å². The summed E-state index contributed by atoms with van der Waals surface area (Å²) in [7, 11) is -4.37. The van der Waals surface area contributed by atoms with Gasteiger partial charge in [0.05, 0.1) is 6.61 Å². The number of rotatable bonds is 8. The second-order valence-electron chi connectivity index (χ2n) is 4.18. The maximum absolute atomic E-state index is 10.5. The summed E-state index contributed by atoms with van der Waals surface area (Å²) < 4.78 is 14.9. The summed E-state index contributed by atoms with van der Waals surface area (Å²) in [6.45, 7) is 5.06. The lowest BCUT2D eigenvalue weighted by atomic mass is 9.95. The van der Waals surface area contributed by atoms with Gasteiger partial charge in [0.1, 0.15) is 0 Å². The van der Waals surface area contributed by atoms with Crippen LogP contribution in [0.5, 0.6) is 0 Å². The lowest BCUT2D eigenvalue weighted by Gasteiger charge is -2.24. The number of aliphatic hydroxyl groups excluding tert-OH is 1. The fraction of sp³-hybridized carbons (Fsp3) is 1.00. The average molecular weight is 241 g/mol. The summed E-state index contributed by atoms with van der Waals surface area (Å²) >= 11 is 0. The van der Waals surface area contributed by atoms with E-state index in [2.05, 4.69) is 9.84 Å². The highest BCUT2D eigenvalue weighted by atomic mass is 31.2. The maximum Gasteiger partial charge on any atom is 0.469 e. The molecular formula is C8H20NO5P. The molecule has 7 heteroatoms. The molecular weight excluding hydrogens is 221 g/mol. The van der Waals surface area contributed by atoms with Crippen LogP contribution in [-0.4, -0.2) is 41.2 Å². The van der Waals surface area contributed by atoms with Gasteiger partial charge < -0.3 is 20.2 Å². The van der Waals surface area contributed by atoms with Crippen LogP contribution in [0, 0.1) is 5.41 Å². The quantitative estimate of drug-likeness (QED) is 0.355. The zero-order chi connectivity index (χ0) is 11.9. The Hall–Kier alpha value is 0.0300. The zero-order valence-corrected chi connectivity index (χ0v) is 10.0. The van der Waals surface area contributed by atoms with Gasteiger partial charge >= 0.3 is 7.82 Å². The topological polar surface area (TPSA) is 99.0 Å². The minimum absolute atomic E-state index is 0.0105. The molecule has 0 amide bonds. The van der Waals surface area contributed by atoms with E-state index < -0.39 is 7.82 Å². The van der Waals surface area contributed by atoms with Crippen LogP contribution in [0.2, 0.25) is 0 Å². The minimum atomic E-state index is -4.37. The molecule has 92 valence electrons. The fourth-order valence-electron chi connectivity index (χ4n) is 0.941. The van der Waals surface area contributed by atoms with E-state index in [4.69, 9.17) is 14.9 Å². The summed E-state index contributed by atoms with van der Waals surface area (Å²) in [5.74, 6) is 0. The Bertz CT molecular complexity index is 215. The molecule has 0 aromatic rings. The maximum atomic E-state index is 10.5. The van der Waals surface area contributed by atoms with Crippen LogP contribution in [0.25, 0.3) is 0 Å². The fourth-order valence-corrected chi connectivity index (χ4v) is 1.46. The lowest BCUT2D eigenvalue weighted by molar-refractivity contribution is 0.127. The van der Waals surface area contributed by atoms with Crippen LogP contribution < -0.4 is 5.32 Å². The Balaban J connectivity index is 3.72. The Morgan fingerprint density at radius 2 is 2.00 bits per heavy atom. The van der Waals surface area contributed by atoms with Crippen molar-refractivity contribution in [2.75, 3.05) is 26.3 Å². The van der Waals surface area contributed by atoms with E-state index in [0.29, 0.717) is 19.5 Å². The number of hydrogen-bond donors (Lipinski definition) is 4. The van der Waals surface area contributed by atoms with Gasteiger partial charge in [-0.3, -0.25) is 4.52 Å². The lowest BCUT2D eigenvalue weighted by Crippen LogP contribution is -2.33. The van der Waals surface area contributed by atoms with Crippen molar-refractivity contribution >= 4 is 7.82 Å². The average Bonchev–Trinajstić information content (AvgIpc) is 2.09. The predicted molar refractivity (Wildman–Crippen MR) is 56.3 cm³/mol. The summed E-state index contributed by atoms with van der Waals surface area (Å²) in [6.07, 6.45) is 0.662. The number of nitrogens with one attached hydrogen (secondary N) is 1. The van der Waals surface area contributed by atoms with Crippen LogP contribution in [0.15, 0.2) is 0 Å². The molecule has 15 heavy (non-hydrogen) atoms. The second-order valence-corrected chi connectivity index (χ2v) is 5.42. The third-order valence-corrected chi connectivity index (χ3v) is 2.20. The highest BCUT2D eigenvalue weighted by Gasteiger charge is 2.23. The number of aliphatic hydroxyl groups is 1. The smallest absolute Gasteiger partial charge is 0.396 e. The Kier molecular flexibility index (Phi) is 6.59. The van der Waals surface area contributed by atoms with Crippen molar-refractivity contribution in [3.8, 4) is 0 Å².